The average Bonchev–Trinajstić information content (AvgIpc) is 3.18. The maximum absolute atomic E-state index is 13.6. The van der Waals surface area contributed by atoms with E-state index in [2.05, 4.69) is 5.16 Å². The van der Waals surface area contributed by atoms with Crippen molar-refractivity contribution in [3.05, 3.63) is 82.7 Å². The molecule has 176 valence electrons. The van der Waals surface area contributed by atoms with Crippen LogP contribution in [0.15, 0.2) is 59.1 Å². The molecule has 1 aromatic heterocycles. The summed E-state index contributed by atoms with van der Waals surface area (Å²) in [6, 6.07) is 17.3. The summed E-state index contributed by atoms with van der Waals surface area (Å²) < 4.78 is 22.3. The molecule has 0 aliphatic heterocycles. The third-order valence-electron chi connectivity index (χ3n) is 5.87. The number of methoxy groups -OCH3 is 2. The number of amides is 1. The Bertz CT molecular complexity index is 1310. The number of nitrogens with zero attached hydrogens (tertiary/aromatic N) is 2. The lowest BCUT2D eigenvalue weighted by molar-refractivity contribution is 0.0779. The van der Waals surface area contributed by atoms with E-state index in [0.717, 1.165) is 27.6 Å². The van der Waals surface area contributed by atoms with Crippen LogP contribution < -0.4 is 14.2 Å². The zero-order valence-corrected chi connectivity index (χ0v) is 20.0. The standard InChI is InChI=1S/C27H28N2O5/c1-17-23(18(2)34-28-17)16-33-25-14-20-10-7-6-9-19(20)13-22(25)27(30)29(3)15-21-11-8-12-24(31-4)26(21)32-5/h6-14H,15-16H2,1-5H3. The first-order chi connectivity index (χ1) is 16.4. The summed E-state index contributed by atoms with van der Waals surface area (Å²) in [7, 11) is 4.94. The third-order valence-corrected chi connectivity index (χ3v) is 5.87. The molecule has 1 amide bonds. The van der Waals surface area contributed by atoms with Crippen LogP contribution >= 0.6 is 0 Å². The minimum absolute atomic E-state index is 0.163. The fourth-order valence-corrected chi connectivity index (χ4v) is 3.97. The first-order valence-corrected chi connectivity index (χ1v) is 11.0. The van der Waals surface area contributed by atoms with E-state index in [1.165, 1.54) is 0 Å². The molecule has 4 rings (SSSR count). The van der Waals surface area contributed by atoms with Crippen molar-refractivity contribution in [2.75, 3.05) is 21.3 Å². The van der Waals surface area contributed by atoms with Gasteiger partial charge in [-0.15, -0.1) is 0 Å². The van der Waals surface area contributed by atoms with Gasteiger partial charge in [0, 0.05) is 19.2 Å². The molecule has 0 unspecified atom stereocenters. The number of aryl methyl sites for hydroxylation is 2. The zero-order chi connectivity index (χ0) is 24.2. The van der Waals surface area contributed by atoms with Gasteiger partial charge in [-0.2, -0.15) is 0 Å². The molecule has 0 fully saturated rings. The van der Waals surface area contributed by atoms with E-state index in [1.54, 1.807) is 26.2 Å². The first kappa shape index (κ1) is 23.2. The highest BCUT2D eigenvalue weighted by atomic mass is 16.5. The third kappa shape index (κ3) is 4.55. The second kappa shape index (κ2) is 9.87. The van der Waals surface area contributed by atoms with Gasteiger partial charge in [0.15, 0.2) is 11.5 Å². The lowest BCUT2D eigenvalue weighted by Gasteiger charge is -2.21. The molecular weight excluding hydrogens is 432 g/mol. The molecule has 0 spiro atoms. The summed E-state index contributed by atoms with van der Waals surface area (Å²) in [5.74, 6) is 2.28. The molecule has 3 aromatic carbocycles. The lowest BCUT2D eigenvalue weighted by Crippen LogP contribution is -2.27. The van der Waals surface area contributed by atoms with E-state index in [-0.39, 0.29) is 12.5 Å². The molecule has 0 saturated heterocycles. The van der Waals surface area contributed by atoms with Crippen LogP contribution in [0.5, 0.6) is 17.2 Å². The van der Waals surface area contributed by atoms with Gasteiger partial charge in [0.25, 0.3) is 5.91 Å². The van der Waals surface area contributed by atoms with Crippen LogP contribution in [0, 0.1) is 13.8 Å². The van der Waals surface area contributed by atoms with Gasteiger partial charge < -0.3 is 23.6 Å². The van der Waals surface area contributed by atoms with Crippen molar-refractivity contribution in [1.29, 1.82) is 0 Å². The number of carbonyl (C=O) groups excluding carboxylic acids is 1. The number of aromatic nitrogens is 1. The topological polar surface area (TPSA) is 74.0 Å². The van der Waals surface area contributed by atoms with Gasteiger partial charge in [0.2, 0.25) is 0 Å². The van der Waals surface area contributed by atoms with E-state index < -0.39 is 0 Å². The number of rotatable bonds is 8. The molecule has 0 N–H and O–H groups in total. The highest BCUT2D eigenvalue weighted by molar-refractivity contribution is 6.01. The number of fused-ring (bicyclic) bond motifs is 1. The molecule has 0 saturated carbocycles. The van der Waals surface area contributed by atoms with E-state index in [4.69, 9.17) is 18.7 Å². The van der Waals surface area contributed by atoms with Gasteiger partial charge in [0.1, 0.15) is 18.1 Å². The summed E-state index contributed by atoms with van der Waals surface area (Å²) in [5, 5.41) is 5.94. The van der Waals surface area contributed by atoms with Crippen LogP contribution in [-0.2, 0) is 13.2 Å². The maximum atomic E-state index is 13.6. The molecule has 0 aliphatic carbocycles. The lowest BCUT2D eigenvalue weighted by atomic mass is 10.0. The van der Waals surface area contributed by atoms with Gasteiger partial charge in [-0.05, 0) is 42.8 Å². The van der Waals surface area contributed by atoms with Crippen molar-refractivity contribution in [3.63, 3.8) is 0 Å². The van der Waals surface area contributed by atoms with Gasteiger partial charge in [-0.3, -0.25) is 4.79 Å². The maximum Gasteiger partial charge on any atom is 0.257 e. The normalized spacial score (nSPS) is 10.9. The van der Waals surface area contributed by atoms with Gasteiger partial charge in [-0.1, -0.05) is 41.6 Å². The Morgan fingerprint density at radius 3 is 2.35 bits per heavy atom. The predicted octanol–water partition coefficient (Wildman–Crippen LogP) is 5.31. The minimum atomic E-state index is -0.163. The van der Waals surface area contributed by atoms with Crippen LogP contribution in [0.4, 0.5) is 0 Å². The van der Waals surface area contributed by atoms with E-state index in [0.29, 0.717) is 35.1 Å². The molecule has 34 heavy (non-hydrogen) atoms. The highest BCUT2D eigenvalue weighted by Gasteiger charge is 2.21. The second-order valence-corrected chi connectivity index (χ2v) is 8.10. The van der Waals surface area contributed by atoms with Gasteiger partial charge in [-0.25, -0.2) is 0 Å². The first-order valence-electron chi connectivity index (χ1n) is 11.0. The summed E-state index contributed by atoms with van der Waals surface area (Å²) in [4.78, 5) is 15.2. The fraction of sp³-hybridized carbons (Fsp3) is 0.259. The zero-order valence-electron chi connectivity index (χ0n) is 20.0. The van der Waals surface area contributed by atoms with E-state index >= 15 is 0 Å². The summed E-state index contributed by atoms with van der Waals surface area (Å²) in [6.45, 7) is 4.32. The van der Waals surface area contributed by atoms with Crippen molar-refractivity contribution in [3.8, 4) is 17.2 Å². The van der Waals surface area contributed by atoms with Crippen molar-refractivity contribution in [2.45, 2.75) is 27.0 Å². The monoisotopic (exact) mass is 460 g/mol. The van der Waals surface area contributed by atoms with Crippen LogP contribution in [0.1, 0.15) is 32.9 Å². The van der Waals surface area contributed by atoms with Crippen LogP contribution in [0.3, 0.4) is 0 Å². The summed E-state index contributed by atoms with van der Waals surface area (Å²) >= 11 is 0. The highest BCUT2D eigenvalue weighted by Crippen LogP contribution is 2.33. The average molecular weight is 461 g/mol. The molecule has 0 aliphatic rings. The summed E-state index contributed by atoms with van der Waals surface area (Å²) in [5.41, 5.74) is 2.97. The Hall–Kier alpha value is -4.00. The molecule has 7 heteroatoms. The fourth-order valence-electron chi connectivity index (χ4n) is 3.97. The molecule has 0 atom stereocenters. The Balaban J connectivity index is 1.66. The minimum Gasteiger partial charge on any atom is -0.493 e. The molecule has 7 nitrogen and oxygen atoms in total. The molecule has 0 radical (unpaired) electrons. The molecular formula is C27H28N2O5. The molecule has 0 bridgehead atoms. The van der Waals surface area contributed by atoms with Crippen molar-refractivity contribution in [2.24, 2.45) is 0 Å². The smallest absolute Gasteiger partial charge is 0.257 e. The Kier molecular flexibility index (Phi) is 6.72. The predicted molar refractivity (Wildman–Crippen MR) is 130 cm³/mol. The van der Waals surface area contributed by atoms with E-state index in [1.807, 2.05) is 68.4 Å². The number of ether oxygens (including phenoxy) is 3. The molecule has 1 heterocycles. The van der Waals surface area contributed by atoms with Crippen molar-refractivity contribution in [1.82, 2.24) is 10.1 Å². The van der Waals surface area contributed by atoms with Crippen LogP contribution in [0.2, 0.25) is 0 Å². The SMILES string of the molecule is COc1cccc(CN(C)C(=O)c2cc3ccccc3cc2OCc2c(C)noc2C)c1OC. The quantitative estimate of drug-likeness (QED) is 0.355. The van der Waals surface area contributed by atoms with Gasteiger partial charge in [0.05, 0.1) is 31.0 Å². The Morgan fingerprint density at radius 2 is 1.71 bits per heavy atom. The number of hydrogen-bond acceptors (Lipinski definition) is 6. The Morgan fingerprint density at radius 1 is 0.971 bits per heavy atom. The number of benzene rings is 3. The van der Waals surface area contributed by atoms with Crippen LogP contribution in [-0.4, -0.2) is 37.2 Å². The number of hydrogen-bond donors (Lipinski definition) is 0. The second-order valence-electron chi connectivity index (χ2n) is 8.10. The molecule has 4 aromatic rings. The largest absolute Gasteiger partial charge is 0.493 e. The van der Waals surface area contributed by atoms with Gasteiger partial charge >= 0.3 is 0 Å². The van der Waals surface area contributed by atoms with Crippen molar-refractivity contribution >= 4 is 16.7 Å². The van der Waals surface area contributed by atoms with Crippen molar-refractivity contribution < 1.29 is 23.5 Å². The summed E-state index contributed by atoms with van der Waals surface area (Å²) in [6.07, 6.45) is 0. The number of carbonyl (C=O) groups is 1. The Labute approximate surface area is 198 Å². The van der Waals surface area contributed by atoms with E-state index in [9.17, 15) is 4.79 Å². The van der Waals surface area contributed by atoms with Crippen LogP contribution in [0.25, 0.3) is 10.8 Å². The number of para-hydroxylation sites is 1.